The minimum absolute atomic E-state index is 0. The maximum atomic E-state index is 10.2. The first-order valence-electron chi connectivity index (χ1n) is 2.53. The molecule has 1 rings (SSSR count). The molecule has 0 aromatic heterocycles. The van der Waals surface area contributed by atoms with Crippen molar-refractivity contribution in [2.75, 3.05) is 0 Å². The van der Waals surface area contributed by atoms with E-state index in [1.165, 1.54) is 0 Å². The lowest BCUT2D eigenvalue weighted by molar-refractivity contribution is 0.112. The molecule has 0 aliphatic rings. The first kappa shape index (κ1) is 9.62. The molecule has 0 aliphatic heterocycles. The molecule has 0 N–H and O–H groups in total. The molecule has 10 heavy (non-hydrogen) atoms. The molecule has 0 heterocycles. The minimum Gasteiger partial charge on any atom is -0.298 e. The van der Waals surface area contributed by atoms with Gasteiger partial charge in [0.25, 0.3) is 0 Å². The lowest BCUT2D eigenvalue weighted by atomic mass is 10.2. The van der Waals surface area contributed by atoms with E-state index in [4.69, 9.17) is 0 Å². The van der Waals surface area contributed by atoms with E-state index in [1.54, 1.807) is 6.07 Å². The van der Waals surface area contributed by atoms with Crippen LogP contribution in [0.4, 0.5) is 0 Å². The number of hydrogen-bond donors (Lipinski definition) is 0. The van der Waals surface area contributed by atoms with Gasteiger partial charge in [-0.2, -0.15) is 0 Å². The standard InChI is InChI=1S/C7H5IO.CH4/c8-7-3-1-2-6(4-7)5-9;/h1-5H;1H4. The van der Waals surface area contributed by atoms with Crippen molar-refractivity contribution in [3.8, 4) is 0 Å². The molecular weight excluding hydrogens is 239 g/mol. The monoisotopic (exact) mass is 248 g/mol. The maximum Gasteiger partial charge on any atom is 0.150 e. The largest absolute Gasteiger partial charge is 0.298 e. The van der Waals surface area contributed by atoms with Crippen LogP contribution in [-0.4, -0.2) is 6.29 Å². The average Bonchev–Trinajstić information content (AvgIpc) is 1.88. The van der Waals surface area contributed by atoms with E-state index in [0.29, 0.717) is 0 Å². The maximum absolute atomic E-state index is 10.2. The second-order valence-corrected chi connectivity index (χ2v) is 2.92. The molecule has 0 radical (unpaired) electrons. The molecule has 1 aromatic rings. The van der Waals surface area contributed by atoms with Crippen LogP contribution in [0.1, 0.15) is 17.8 Å². The average molecular weight is 248 g/mol. The van der Waals surface area contributed by atoms with E-state index in [1.807, 2.05) is 18.2 Å². The zero-order valence-electron chi connectivity index (χ0n) is 4.67. The van der Waals surface area contributed by atoms with Crippen molar-refractivity contribution < 1.29 is 4.79 Å². The van der Waals surface area contributed by atoms with Crippen LogP contribution in [0.15, 0.2) is 24.3 Å². The highest BCUT2D eigenvalue weighted by Gasteiger charge is 1.87. The molecule has 54 valence electrons. The zero-order valence-corrected chi connectivity index (χ0v) is 6.83. The number of halogens is 1. The summed E-state index contributed by atoms with van der Waals surface area (Å²) in [5.41, 5.74) is 0.738. The highest BCUT2D eigenvalue weighted by molar-refractivity contribution is 14.1. The number of carbonyl (C=O) groups is 1. The van der Waals surface area contributed by atoms with Gasteiger partial charge >= 0.3 is 0 Å². The third-order valence-corrected chi connectivity index (χ3v) is 1.66. The second kappa shape index (κ2) is 4.44. The first-order chi connectivity index (χ1) is 4.33. The summed E-state index contributed by atoms with van der Waals surface area (Å²) in [6.45, 7) is 0. The predicted octanol–water partition coefficient (Wildman–Crippen LogP) is 2.74. The van der Waals surface area contributed by atoms with Gasteiger partial charge in [0, 0.05) is 9.13 Å². The topological polar surface area (TPSA) is 17.1 Å². The number of carbonyl (C=O) groups excluding carboxylic acids is 1. The van der Waals surface area contributed by atoms with Gasteiger partial charge < -0.3 is 0 Å². The summed E-state index contributed by atoms with van der Waals surface area (Å²) in [7, 11) is 0. The fourth-order valence-electron chi connectivity index (χ4n) is 0.580. The van der Waals surface area contributed by atoms with Crippen LogP contribution < -0.4 is 0 Å². The van der Waals surface area contributed by atoms with Gasteiger partial charge in [0.05, 0.1) is 0 Å². The van der Waals surface area contributed by atoms with Gasteiger partial charge in [-0.1, -0.05) is 19.6 Å². The molecule has 0 spiro atoms. The number of rotatable bonds is 1. The van der Waals surface area contributed by atoms with Crippen LogP contribution >= 0.6 is 22.6 Å². The molecule has 0 atom stereocenters. The van der Waals surface area contributed by atoms with Gasteiger partial charge in [0.15, 0.2) is 0 Å². The molecule has 0 fully saturated rings. The van der Waals surface area contributed by atoms with Gasteiger partial charge in [0.2, 0.25) is 0 Å². The Hall–Kier alpha value is -0.380. The molecule has 1 nitrogen and oxygen atoms in total. The molecule has 2 heteroatoms. The molecule has 0 saturated carbocycles. The van der Waals surface area contributed by atoms with Crippen molar-refractivity contribution in [1.82, 2.24) is 0 Å². The summed E-state index contributed by atoms with van der Waals surface area (Å²) in [6.07, 6.45) is 0.849. The molecule has 0 unspecified atom stereocenters. The third kappa shape index (κ3) is 2.47. The van der Waals surface area contributed by atoms with Crippen molar-refractivity contribution in [3.05, 3.63) is 33.4 Å². The summed E-state index contributed by atoms with van der Waals surface area (Å²) in [6, 6.07) is 7.45. The van der Waals surface area contributed by atoms with Crippen molar-refractivity contribution in [2.24, 2.45) is 0 Å². The molecule has 1 aromatic carbocycles. The van der Waals surface area contributed by atoms with Gasteiger partial charge in [-0.15, -0.1) is 0 Å². The Morgan fingerprint density at radius 3 is 2.50 bits per heavy atom. The molecule has 0 amide bonds. The molecule has 0 aliphatic carbocycles. The van der Waals surface area contributed by atoms with Gasteiger partial charge in [-0.05, 0) is 34.7 Å². The van der Waals surface area contributed by atoms with Crippen molar-refractivity contribution in [3.63, 3.8) is 0 Å². The second-order valence-electron chi connectivity index (χ2n) is 1.67. The Morgan fingerprint density at radius 2 is 2.10 bits per heavy atom. The van der Waals surface area contributed by atoms with Crippen LogP contribution in [0.5, 0.6) is 0 Å². The Labute approximate surface area is 74.6 Å². The van der Waals surface area contributed by atoms with Gasteiger partial charge in [0.1, 0.15) is 6.29 Å². The molecular formula is C8H9IO. The number of hydrogen-bond acceptors (Lipinski definition) is 1. The normalized spacial score (nSPS) is 8.10. The lowest BCUT2D eigenvalue weighted by Gasteiger charge is -1.88. The summed E-state index contributed by atoms with van der Waals surface area (Å²) in [5, 5.41) is 0. The summed E-state index contributed by atoms with van der Waals surface area (Å²) >= 11 is 2.17. The summed E-state index contributed by atoms with van der Waals surface area (Å²) in [5.74, 6) is 0. The van der Waals surface area contributed by atoms with E-state index in [9.17, 15) is 4.79 Å². The van der Waals surface area contributed by atoms with E-state index >= 15 is 0 Å². The fraction of sp³-hybridized carbons (Fsp3) is 0.125. The predicted molar refractivity (Wildman–Crippen MR) is 51.3 cm³/mol. The fourth-order valence-corrected chi connectivity index (χ4v) is 1.15. The number of aldehydes is 1. The highest BCUT2D eigenvalue weighted by Crippen LogP contribution is 2.04. The SMILES string of the molecule is C.O=Cc1cccc(I)c1. The van der Waals surface area contributed by atoms with Crippen molar-refractivity contribution in [2.45, 2.75) is 7.43 Å². The summed E-state index contributed by atoms with van der Waals surface area (Å²) < 4.78 is 1.09. The minimum atomic E-state index is 0. The van der Waals surface area contributed by atoms with Crippen LogP contribution in [0.3, 0.4) is 0 Å². The Kier molecular flexibility index (Phi) is 4.27. The highest BCUT2D eigenvalue weighted by atomic mass is 127. The van der Waals surface area contributed by atoms with E-state index in [-0.39, 0.29) is 7.43 Å². The smallest absolute Gasteiger partial charge is 0.150 e. The quantitative estimate of drug-likeness (QED) is 0.551. The number of benzene rings is 1. The van der Waals surface area contributed by atoms with E-state index < -0.39 is 0 Å². The molecule has 0 bridgehead atoms. The zero-order chi connectivity index (χ0) is 6.69. The van der Waals surface area contributed by atoms with E-state index in [2.05, 4.69) is 22.6 Å². The van der Waals surface area contributed by atoms with Crippen LogP contribution in [0, 0.1) is 3.57 Å². The van der Waals surface area contributed by atoms with E-state index in [0.717, 1.165) is 15.4 Å². The lowest BCUT2D eigenvalue weighted by Crippen LogP contribution is -1.77. The Bertz CT molecular complexity index is 220. The first-order valence-corrected chi connectivity index (χ1v) is 3.61. The van der Waals surface area contributed by atoms with Crippen molar-refractivity contribution >= 4 is 28.9 Å². The van der Waals surface area contributed by atoms with Crippen LogP contribution in [0.2, 0.25) is 0 Å². The van der Waals surface area contributed by atoms with Crippen LogP contribution in [-0.2, 0) is 0 Å². The van der Waals surface area contributed by atoms with Gasteiger partial charge in [-0.3, -0.25) is 4.79 Å². The van der Waals surface area contributed by atoms with Gasteiger partial charge in [-0.25, -0.2) is 0 Å². The Balaban J connectivity index is 0.000000810. The molecule has 0 saturated heterocycles. The van der Waals surface area contributed by atoms with Crippen molar-refractivity contribution in [1.29, 1.82) is 0 Å². The Morgan fingerprint density at radius 1 is 1.40 bits per heavy atom. The summed E-state index contributed by atoms with van der Waals surface area (Å²) in [4.78, 5) is 10.2. The van der Waals surface area contributed by atoms with Crippen LogP contribution in [0.25, 0.3) is 0 Å². The third-order valence-electron chi connectivity index (χ3n) is 0.985.